The molecule has 2 rings (SSSR count). The zero-order valence-corrected chi connectivity index (χ0v) is 16.3. The first-order chi connectivity index (χ1) is 12.7. The number of carbonyl (C=O) groups excluding carboxylic acids is 3. The normalized spacial score (nSPS) is 11.0. The highest BCUT2D eigenvalue weighted by Crippen LogP contribution is 2.24. The topological polar surface area (TPSA) is 72.5 Å². The number of benzene rings is 2. The van der Waals surface area contributed by atoms with Crippen LogP contribution in [-0.2, 0) is 14.3 Å². The largest absolute Gasteiger partial charge is 0.456 e. The molecule has 0 aliphatic carbocycles. The molecule has 2 aromatic carbocycles. The minimum absolute atomic E-state index is 0.207. The molecule has 0 radical (unpaired) electrons. The predicted octanol–water partition coefficient (Wildman–Crippen LogP) is 4.49. The zero-order valence-electron chi connectivity index (χ0n) is 15.5. The molecule has 1 amide bonds. The van der Waals surface area contributed by atoms with E-state index in [1.165, 1.54) is 6.07 Å². The number of amides is 1. The van der Waals surface area contributed by atoms with Crippen LogP contribution in [0, 0.1) is 5.41 Å². The Bertz CT molecular complexity index is 841. The van der Waals surface area contributed by atoms with Crippen molar-refractivity contribution < 1.29 is 19.1 Å². The number of carbonyl (C=O) groups is 3. The number of nitrogens with one attached hydrogen (secondary N) is 1. The number of anilines is 1. The van der Waals surface area contributed by atoms with Gasteiger partial charge in [0.15, 0.2) is 12.4 Å². The summed E-state index contributed by atoms with van der Waals surface area (Å²) >= 11 is 6.01. The Morgan fingerprint density at radius 2 is 1.70 bits per heavy atom. The molecule has 0 aliphatic rings. The van der Waals surface area contributed by atoms with Gasteiger partial charge < -0.3 is 10.1 Å². The quantitative estimate of drug-likeness (QED) is 0.585. The van der Waals surface area contributed by atoms with Crippen LogP contribution in [0.3, 0.4) is 0 Å². The molecule has 0 saturated carbocycles. The highest BCUT2D eigenvalue weighted by atomic mass is 35.5. The molecular formula is C21H22ClNO4. The van der Waals surface area contributed by atoms with Crippen molar-refractivity contribution in [2.75, 3.05) is 11.9 Å². The molecule has 0 aliphatic heterocycles. The van der Waals surface area contributed by atoms with Gasteiger partial charge in [-0.1, -0.05) is 62.7 Å². The lowest BCUT2D eigenvalue weighted by atomic mass is 9.92. The van der Waals surface area contributed by atoms with Gasteiger partial charge in [0.1, 0.15) is 0 Å². The van der Waals surface area contributed by atoms with E-state index in [-0.39, 0.29) is 23.2 Å². The molecule has 0 atom stereocenters. The molecule has 2 aromatic rings. The van der Waals surface area contributed by atoms with Gasteiger partial charge in [0.2, 0.25) is 0 Å². The fraction of sp³-hybridized carbons (Fsp3) is 0.286. The number of ether oxygens (including phenoxy) is 1. The number of hydrogen-bond donors (Lipinski definition) is 1. The third-order valence-electron chi connectivity index (χ3n) is 3.58. The highest BCUT2D eigenvalue weighted by molar-refractivity contribution is 6.31. The van der Waals surface area contributed by atoms with Gasteiger partial charge in [0.05, 0.1) is 12.1 Å². The minimum atomic E-state index is -0.526. The second kappa shape index (κ2) is 8.82. The molecule has 6 heteroatoms. The molecule has 0 fully saturated rings. The van der Waals surface area contributed by atoms with Crippen LogP contribution < -0.4 is 5.32 Å². The van der Waals surface area contributed by atoms with E-state index in [0.29, 0.717) is 16.3 Å². The lowest BCUT2D eigenvalue weighted by molar-refractivity contribution is -0.149. The maximum absolute atomic E-state index is 12.7. The van der Waals surface area contributed by atoms with Gasteiger partial charge in [-0.3, -0.25) is 14.4 Å². The van der Waals surface area contributed by atoms with E-state index >= 15 is 0 Å². The Hall–Kier alpha value is -2.66. The minimum Gasteiger partial charge on any atom is -0.456 e. The zero-order chi connectivity index (χ0) is 20.0. The molecule has 0 spiro atoms. The first-order valence-corrected chi connectivity index (χ1v) is 8.88. The van der Waals surface area contributed by atoms with Crippen LogP contribution in [0.5, 0.6) is 0 Å². The number of ketones is 1. The average molecular weight is 388 g/mol. The first kappa shape index (κ1) is 20.6. The summed E-state index contributed by atoms with van der Waals surface area (Å²) in [6, 6.07) is 13.3. The highest BCUT2D eigenvalue weighted by Gasteiger charge is 2.19. The van der Waals surface area contributed by atoms with E-state index in [2.05, 4.69) is 5.32 Å². The van der Waals surface area contributed by atoms with E-state index in [4.69, 9.17) is 16.3 Å². The molecule has 0 saturated heterocycles. The summed E-state index contributed by atoms with van der Waals surface area (Å²) in [5, 5.41) is 2.99. The monoisotopic (exact) mass is 387 g/mol. The van der Waals surface area contributed by atoms with Crippen molar-refractivity contribution in [2.24, 2.45) is 5.41 Å². The smallest absolute Gasteiger partial charge is 0.306 e. The Morgan fingerprint density at radius 1 is 1.04 bits per heavy atom. The van der Waals surface area contributed by atoms with Crippen LogP contribution in [0.2, 0.25) is 5.02 Å². The lowest BCUT2D eigenvalue weighted by Gasteiger charge is -2.16. The van der Waals surface area contributed by atoms with E-state index in [0.717, 1.165) is 0 Å². The Morgan fingerprint density at radius 3 is 2.33 bits per heavy atom. The van der Waals surface area contributed by atoms with Crippen molar-refractivity contribution in [1.29, 1.82) is 0 Å². The summed E-state index contributed by atoms with van der Waals surface area (Å²) < 4.78 is 5.00. The van der Waals surface area contributed by atoms with Gasteiger partial charge in [-0.2, -0.15) is 0 Å². The second-order valence-corrected chi connectivity index (χ2v) is 7.77. The van der Waals surface area contributed by atoms with Gasteiger partial charge in [0.25, 0.3) is 5.91 Å². The molecule has 0 unspecified atom stereocenters. The van der Waals surface area contributed by atoms with Crippen LogP contribution in [0.15, 0.2) is 48.5 Å². The number of halogens is 1. The van der Waals surface area contributed by atoms with Crippen molar-refractivity contribution in [3.8, 4) is 0 Å². The predicted molar refractivity (Wildman–Crippen MR) is 105 cm³/mol. The van der Waals surface area contributed by atoms with Crippen LogP contribution in [0.1, 0.15) is 43.1 Å². The van der Waals surface area contributed by atoms with Crippen molar-refractivity contribution in [3.05, 3.63) is 64.7 Å². The summed E-state index contributed by atoms with van der Waals surface area (Å²) in [7, 11) is 0. The van der Waals surface area contributed by atoms with Gasteiger partial charge in [0, 0.05) is 16.1 Å². The fourth-order valence-corrected chi connectivity index (χ4v) is 2.55. The van der Waals surface area contributed by atoms with Crippen molar-refractivity contribution in [2.45, 2.75) is 27.2 Å². The lowest BCUT2D eigenvalue weighted by Crippen LogP contribution is -2.24. The van der Waals surface area contributed by atoms with Gasteiger partial charge in [-0.15, -0.1) is 0 Å². The van der Waals surface area contributed by atoms with Gasteiger partial charge >= 0.3 is 5.97 Å². The number of rotatable bonds is 6. The Labute approximate surface area is 163 Å². The van der Waals surface area contributed by atoms with E-state index in [1.807, 2.05) is 26.8 Å². The summed E-state index contributed by atoms with van der Waals surface area (Å²) in [6.45, 7) is 5.30. The van der Waals surface area contributed by atoms with Crippen molar-refractivity contribution in [3.63, 3.8) is 0 Å². The van der Waals surface area contributed by atoms with Crippen molar-refractivity contribution in [1.82, 2.24) is 0 Å². The molecule has 0 heterocycles. The second-order valence-electron chi connectivity index (χ2n) is 7.33. The number of hydrogen-bond acceptors (Lipinski definition) is 4. The third kappa shape index (κ3) is 6.53. The molecule has 0 aromatic heterocycles. The van der Waals surface area contributed by atoms with E-state index in [1.54, 1.807) is 36.4 Å². The van der Waals surface area contributed by atoms with E-state index in [9.17, 15) is 14.4 Å². The first-order valence-electron chi connectivity index (χ1n) is 8.50. The number of esters is 1. The van der Waals surface area contributed by atoms with Gasteiger partial charge in [-0.05, 0) is 23.6 Å². The van der Waals surface area contributed by atoms with Crippen LogP contribution in [-0.4, -0.2) is 24.3 Å². The summed E-state index contributed by atoms with van der Waals surface area (Å²) in [4.78, 5) is 36.6. The molecule has 1 N–H and O–H groups in total. The maximum atomic E-state index is 12.7. The van der Waals surface area contributed by atoms with Crippen LogP contribution in [0.25, 0.3) is 0 Å². The summed E-state index contributed by atoms with van der Waals surface area (Å²) in [6.07, 6.45) is 0.207. The van der Waals surface area contributed by atoms with Crippen molar-refractivity contribution >= 4 is 34.9 Å². The molecule has 27 heavy (non-hydrogen) atoms. The Kier molecular flexibility index (Phi) is 6.75. The van der Waals surface area contributed by atoms with Gasteiger partial charge in [-0.25, -0.2) is 0 Å². The maximum Gasteiger partial charge on any atom is 0.306 e. The molecule has 0 bridgehead atoms. The van der Waals surface area contributed by atoms with Crippen LogP contribution >= 0.6 is 11.6 Å². The fourth-order valence-electron chi connectivity index (χ4n) is 2.37. The van der Waals surface area contributed by atoms with Crippen LogP contribution in [0.4, 0.5) is 5.69 Å². The molecule has 142 valence electrons. The molecule has 5 nitrogen and oxygen atoms in total. The summed E-state index contributed by atoms with van der Waals surface area (Å²) in [5.74, 6) is -1.24. The summed E-state index contributed by atoms with van der Waals surface area (Å²) in [5.41, 5.74) is 0.832. The third-order valence-corrected chi connectivity index (χ3v) is 3.81. The van der Waals surface area contributed by atoms with E-state index < -0.39 is 18.5 Å². The Balaban J connectivity index is 2.09. The standard InChI is InChI=1S/C21H22ClNO4/c1-21(2,3)12-19(25)27-13-18(24)23-17-10-9-15(22)11-16(17)20(26)14-7-5-4-6-8-14/h4-11H,12-13H2,1-3H3,(H,23,24). The molecular weight excluding hydrogens is 366 g/mol. The SMILES string of the molecule is CC(C)(C)CC(=O)OCC(=O)Nc1ccc(Cl)cc1C(=O)c1ccccc1. The average Bonchev–Trinajstić information content (AvgIpc) is 2.60.